The standard InChI is InChI=1S/C21H23N3O3S/c1-14(2)24(4)28(26,27)17-10-8-16(9-11-17)21(25)23-19-12-7-15(3)20-18(19)6-5-13-22-20/h5-14H,1-4H3,(H,23,25). The molecule has 0 fully saturated rings. The molecule has 1 N–H and O–H groups in total. The molecule has 0 unspecified atom stereocenters. The van der Waals surface area contributed by atoms with Gasteiger partial charge in [-0.25, -0.2) is 8.42 Å². The van der Waals surface area contributed by atoms with Gasteiger partial charge in [0.05, 0.1) is 16.1 Å². The molecule has 6 nitrogen and oxygen atoms in total. The second kappa shape index (κ2) is 7.69. The third-order valence-corrected chi connectivity index (χ3v) is 6.79. The van der Waals surface area contributed by atoms with Crippen LogP contribution in [0.5, 0.6) is 0 Å². The van der Waals surface area contributed by atoms with Gasteiger partial charge in [0.1, 0.15) is 0 Å². The number of nitrogens with zero attached hydrogens (tertiary/aromatic N) is 2. The largest absolute Gasteiger partial charge is 0.321 e. The molecule has 28 heavy (non-hydrogen) atoms. The van der Waals surface area contributed by atoms with E-state index >= 15 is 0 Å². The summed E-state index contributed by atoms with van der Waals surface area (Å²) in [6.45, 7) is 5.58. The molecule has 0 saturated heterocycles. The van der Waals surface area contributed by atoms with Crippen LogP contribution in [-0.2, 0) is 10.0 Å². The zero-order valence-corrected chi connectivity index (χ0v) is 17.1. The van der Waals surface area contributed by atoms with E-state index < -0.39 is 10.0 Å². The van der Waals surface area contributed by atoms with Gasteiger partial charge in [0.15, 0.2) is 0 Å². The third kappa shape index (κ3) is 3.76. The Morgan fingerprint density at radius 2 is 1.75 bits per heavy atom. The van der Waals surface area contributed by atoms with E-state index in [-0.39, 0.29) is 16.8 Å². The van der Waals surface area contributed by atoms with E-state index in [4.69, 9.17) is 0 Å². The number of carbonyl (C=O) groups is 1. The maximum Gasteiger partial charge on any atom is 0.255 e. The van der Waals surface area contributed by atoms with E-state index in [2.05, 4.69) is 10.3 Å². The molecule has 2 aromatic carbocycles. The van der Waals surface area contributed by atoms with Gasteiger partial charge in [0.2, 0.25) is 10.0 Å². The van der Waals surface area contributed by atoms with Crippen molar-refractivity contribution in [1.82, 2.24) is 9.29 Å². The zero-order valence-electron chi connectivity index (χ0n) is 16.3. The van der Waals surface area contributed by atoms with Crippen LogP contribution in [0, 0.1) is 6.92 Å². The number of benzene rings is 2. The van der Waals surface area contributed by atoms with Gasteiger partial charge in [-0.05, 0) is 68.8 Å². The Kier molecular flexibility index (Phi) is 5.49. The maximum atomic E-state index is 12.7. The van der Waals surface area contributed by atoms with Gasteiger partial charge in [-0.1, -0.05) is 6.07 Å². The summed E-state index contributed by atoms with van der Waals surface area (Å²) < 4.78 is 26.4. The smallest absolute Gasteiger partial charge is 0.255 e. The summed E-state index contributed by atoms with van der Waals surface area (Å²) in [4.78, 5) is 17.2. The molecule has 0 atom stereocenters. The fourth-order valence-corrected chi connectivity index (χ4v) is 4.21. The first-order valence-corrected chi connectivity index (χ1v) is 10.4. The number of aromatic nitrogens is 1. The lowest BCUT2D eigenvalue weighted by atomic mass is 10.1. The van der Waals surface area contributed by atoms with Crippen LogP contribution in [0.25, 0.3) is 10.9 Å². The minimum absolute atomic E-state index is 0.156. The van der Waals surface area contributed by atoms with E-state index in [1.54, 1.807) is 20.0 Å². The van der Waals surface area contributed by atoms with Crippen molar-refractivity contribution in [3.8, 4) is 0 Å². The number of fused-ring (bicyclic) bond motifs is 1. The van der Waals surface area contributed by atoms with Crippen molar-refractivity contribution in [2.45, 2.75) is 31.7 Å². The summed E-state index contributed by atoms with van der Waals surface area (Å²) in [5, 5.41) is 3.74. The number of carbonyl (C=O) groups excluding carboxylic acids is 1. The molecule has 0 radical (unpaired) electrons. The molecule has 3 rings (SSSR count). The Labute approximate surface area is 165 Å². The van der Waals surface area contributed by atoms with Crippen molar-refractivity contribution >= 4 is 32.5 Å². The summed E-state index contributed by atoms with van der Waals surface area (Å²) in [6.07, 6.45) is 1.72. The molecule has 0 aliphatic carbocycles. The molecule has 0 aliphatic heterocycles. The van der Waals surface area contributed by atoms with Crippen molar-refractivity contribution in [2.75, 3.05) is 12.4 Å². The van der Waals surface area contributed by atoms with Gasteiger partial charge in [-0.2, -0.15) is 4.31 Å². The highest BCUT2D eigenvalue weighted by atomic mass is 32.2. The van der Waals surface area contributed by atoms with Crippen LogP contribution in [-0.4, -0.2) is 36.7 Å². The van der Waals surface area contributed by atoms with E-state index in [0.29, 0.717) is 11.3 Å². The van der Waals surface area contributed by atoms with Crippen molar-refractivity contribution in [2.24, 2.45) is 0 Å². The molecular weight excluding hydrogens is 374 g/mol. The van der Waals surface area contributed by atoms with E-state index in [1.165, 1.54) is 35.6 Å². The first kappa shape index (κ1) is 20.0. The molecule has 0 bridgehead atoms. The van der Waals surface area contributed by atoms with Gasteiger partial charge >= 0.3 is 0 Å². The number of hydrogen-bond acceptors (Lipinski definition) is 4. The lowest BCUT2D eigenvalue weighted by Gasteiger charge is -2.21. The number of aryl methyl sites for hydroxylation is 1. The number of hydrogen-bond donors (Lipinski definition) is 1. The van der Waals surface area contributed by atoms with Crippen molar-refractivity contribution < 1.29 is 13.2 Å². The highest BCUT2D eigenvalue weighted by molar-refractivity contribution is 7.89. The second-order valence-corrected chi connectivity index (χ2v) is 8.92. The fraction of sp³-hybridized carbons (Fsp3) is 0.238. The predicted octanol–water partition coefficient (Wildman–Crippen LogP) is 3.82. The zero-order chi connectivity index (χ0) is 20.5. The van der Waals surface area contributed by atoms with Crippen LogP contribution in [0.15, 0.2) is 59.6 Å². The number of rotatable bonds is 5. The fourth-order valence-electron chi connectivity index (χ4n) is 2.84. The highest BCUT2D eigenvalue weighted by Gasteiger charge is 2.23. The van der Waals surface area contributed by atoms with Crippen molar-refractivity contribution in [3.63, 3.8) is 0 Å². The van der Waals surface area contributed by atoms with Gasteiger partial charge in [-0.3, -0.25) is 9.78 Å². The van der Waals surface area contributed by atoms with Crippen molar-refractivity contribution in [3.05, 3.63) is 65.9 Å². The van der Waals surface area contributed by atoms with Gasteiger partial charge in [-0.15, -0.1) is 0 Å². The van der Waals surface area contributed by atoms with Crippen molar-refractivity contribution in [1.29, 1.82) is 0 Å². The maximum absolute atomic E-state index is 12.7. The van der Waals surface area contributed by atoms with Gasteiger partial charge in [0, 0.05) is 30.2 Å². The van der Waals surface area contributed by atoms with Crippen LogP contribution < -0.4 is 5.32 Å². The molecular formula is C21H23N3O3S. The minimum atomic E-state index is -3.58. The molecule has 3 aromatic rings. The van der Waals surface area contributed by atoms with E-state index in [9.17, 15) is 13.2 Å². The van der Waals surface area contributed by atoms with Crippen LogP contribution in [0.1, 0.15) is 29.8 Å². The lowest BCUT2D eigenvalue weighted by molar-refractivity contribution is 0.102. The Bertz CT molecular complexity index is 1120. The number of amides is 1. The first-order chi connectivity index (χ1) is 13.2. The van der Waals surface area contributed by atoms with E-state index in [1.807, 2.05) is 31.2 Å². The summed E-state index contributed by atoms with van der Waals surface area (Å²) in [7, 11) is -2.04. The van der Waals surface area contributed by atoms with Gasteiger partial charge in [0.25, 0.3) is 5.91 Å². The molecule has 0 aliphatic rings. The second-order valence-electron chi connectivity index (χ2n) is 6.92. The number of sulfonamides is 1. The Hall–Kier alpha value is -2.77. The van der Waals surface area contributed by atoms with Crippen LogP contribution in [0.3, 0.4) is 0 Å². The average Bonchev–Trinajstić information content (AvgIpc) is 2.69. The molecule has 146 valence electrons. The highest BCUT2D eigenvalue weighted by Crippen LogP contribution is 2.25. The molecule has 1 aromatic heterocycles. The number of pyridine rings is 1. The normalized spacial score (nSPS) is 11.9. The average molecular weight is 398 g/mol. The Balaban J connectivity index is 1.86. The minimum Gasteiger partial charge on any atom is -0.321 e. The molecule has 0 spiro atoms. The Morgan fingerprint density at radius 1 is 1.07 bits per heavy atom. The van der Waals surface area contributed by atoms with Crippen LogP contribution in [0.2, 0.25) is 0 Å². The monoisotopic (exact) mass is 397 g/mol. The van der Waals surface area contributed by atoms with E-state index in [0.717, 1.165) is 16.5 Å². The molecule has 1 heterocycles. The summed E-state index contributed by atoms with van der Waals surface area (Å²) in [6, 6.07) is 13.3. The van der Waals surface area contributed by atoms with Crippen LogP contribution >= 0.6 is 0 Å². The lowest BCUT2D eigenvalue weighted by Crippen LogP contribution is -2.33. The van der Waals surface area contributed by atoms with Gasteiger partial charge < -0.3 is 5.32 Å². The summed E-state index contributed by atoms with van der Waals surface area (Å²) >= 11 is 0. The molecule has 7 heteroatoms. The topological polar surface area (TPSA) is 79.4 Å². The summed E-state index contributed by atoms with van der Waals surface area (Å²) in [5.41, 5.74) is 2.90. The molecule has 0 saturated carbocycles. The number of nitrogens with one attached hydrogen (secondary N) is 1. The SMILES string of the molecule is Cc1ccc(NC(=O)c2ccc(S(=O)(=O)N(C)C(C)C)cc2)c2cccnc12. The number of anilines is 1. The quantitative estimate of drug-likeness (QED) is 0.710. The molecule has 1 amide bonds. The van der Waals surface area contributed by atoms with Crippen LogP contribution in [0.4, 0.5) is 5.69 Å². The predicted molar refractivity (Wildman–Crippen MR) is 111 cm³/mol. The third-order valence-electron chi connectivity index (χ3n) is 4.74. The summed E-state index contributed by atoms with van der Waals surface area (Å²) in [5.74, 6) is -0.310. The Morgan fingerprint density at radius 3 is 2.39 bits per heavy atom. The first-order valence-electron chi connectivity index (χ1n) is 8.95.